The number of hydrogen-bond donors (Lipinski definition) is 1. The maximum absolute atomic E-state index is 12.5. The van der Waals surface area contributed by atoms with E-state index in [1.165, 1.54) is 6.26 Å². The van der Waals surface area contributed by atoms with Gasteiger partial charge in [-0.1, -0.05) is 54.2 Å². The van der Waals surface area contributed by atoms with E-state index in [0.29, 0.717) is 10.7 Å². The van der Waals surface area contributed by atoms with Crippen LogP contribution >= 0.6 is 24.0 Å². The number of benzene rings is 2. The summed E-state index contributed by atoms with van der Waals surface area (Å²) in [5.41, 5.74) is 3.50. The predicted molar refractivity (Wildman–Crippen MR) is 110 cm³/mol. The van der Waals surface area contributed by atoms with Crippen LogP contribution in [0, 0.1) is 0 Å². The maximum Gasteiger partial charge on any atom is 0.285 e. The molecule has 0 spiro atoms. The fourth-order valence-electron chi connectivity index (χ4n) is 2.85. The first-order valence-electron chi connectivity index (χ1n) is 8.19. The Morgan fingerprint density at radius 3 is 2.78 bits per heavy atom. The summed E-state index contributed by atoms with van der Waals surface area (Å²) in [6, 6.07) is 17.2. The van der Waals surface area contributed by atoms with Gasteiger partial charge in [-0.3, -0.25) is 15.0 Å². The predicted octanol–water partition coefficient (Wildman–Crippen LogP) is 3.91. The van der Waals surface area contributed by atoms with Crippen LogP contribution in [-0.4, -0.2) is 21.1 Å². The van der Waals surface area contributed by atoms with Gasteiger partial charge in [-0.15, -0.1) is 0 Å². The Hall–Kier alpha value is -2.90. The molecule has 1 saturated heterocycles. The van der Waals surface area contributed by atoms with Gasteiger partial charge in [0.2, 0.25) is 5.91 Å². The summed E-state index contributed by atoms with van der Waals surface area (Å²) < 4.78 is 5.51. The second-order valence-electron chi connectivity index (χ2n) is 5.88. The van der Waals surface area contributed by atoms with Gasteiger partial charge in [0.1, 0.15) is 5.76 Å². The van der Waals surface area contributed by atoms with E-state index in [9.17, 15) is 9.59 Å². The lowest BCUT2D eigenvalue weighted by Gasteiger charge is -2.16. The Morgan fingerprint density at radius 2 is 1.96 bits per heavy atom. The van der Waals surface area contributed by atoms with Crippen LogP contribution in [0.1, 0.15) is 11.3 Å². The van der Waals surface area contributed by atoms with Gasteiger partial charge in [-0.25, -0.2) is 0 Å². The van der Waals surface area contributed by atoms with Crippen molar-refractivity contribution in [2.45, 2.75) is 6.42 Å². The number of thioether (sulfide) groups is 1. The number of nitrogens with zero attached hydrogens (tertiary/aromatic N) is 1. The molecule has 5 nitrogen and oxygen atoms in total. The van der Waals surface area contributed by atoms with E-state index in [-0.39, 0.29) is 22.6 Å². The second-order valence-corrected chi connectivity index (χ2v) is 7.56. The van der Waals surface area contributed by atoms with Crippen LogP contribution in [0.5, 0.6) is 0 Å². The SMILES string of the molecule is O=C(Cc1cccc2ccccc12)NN1C(=O)/C(=C/c2ccco2)SC1=S. The lowest BCUT2D eigenvalue weighted by Crippen LogP contribution is -2.45. The molecule has 2 heterocycles. The first-order chi connectivity index (χ1) is 13.1. The molecule has 0 atom stereocenters. The average Bonchev–Trinajstić information content (AvgIpc) is 3.26. The van der Waals surface area contributed by atoms with E-state index in [2.05, 4.69) is 5.43 Å². The molecular weight excluding hydrogens is 380 g/mol. The van der Waals surface area contributed by atoms with E-state index in [4.69, 9.17) is 16.6 Å². The molecule has 134 valence electrons. The van der Waals surface area contributed by atoms with Crippen LogP contribution in [-0.2, 0) is 16.0 Å². The van der Waals surface area contributed by atoms with Crippen LogP contribution in [0.15, 0.2) is 70.2 Å². The molecule has 1 aromatic heterocycles. The Morgan fingerprint density at radius 1 is 1.15 bits per heavy atom. The summed E-state index contributed by atoms with van der Waals surface area (Å²) in [7, 11) is 0. The van der Waals surface area contributed by atoms with E-state index in [0.717, 1.165) is 33.1 Å². The Labute approximate surface area is 165 Å². The van der Waals surface area contributed by atoms with Crippen molar-refractivity contribution in [2.75, 3.05) is 0 Å². The average molecular weight is 394 g/mol. The van der Waals surface area contributed by atoms with Crippen molar-refractivity contribution in [1.82, 2.24) is 10.4 Å². The molecule has 0 unspecified atom stereocenters. The minimum absolute atomic E-state index is 0.148. The number of hydrogen-bond acceptors (Lipinski definition) is 5. The van der Waals surface area contributed by atoms with Gasteiger partial charge in [0.25, 0.3) is 5.91 Å². The van der Waals surface area contributed by atoms with Gasteiger partial charge in [-0.2, -0.15) is 5.01 Å². The minimum atomic E-state index is -0.368. The Kier molecular flexibility index (Phi) is 4.79. The minimum Gasteiger partial charge on any atom is -0.465 e. The fraction of sp³-hybridized carbons (Fsp3) is 0.0500. The molecule has 2 aromatic carbocycles. The number of furan rings is 1. The quantitative estimate of drug-likeness (QED) is 0.537. The lowest BCUT2D eigenvalue weighted by molar-refractivity contribution is -0.132. The largest absolute Gasteiger partial charge is 0.465 e. The third-order valence-electron chi connectivity index (χ3n) is 4.08. The molecule has 0 radical (unpaired) electrons. The molecule has 1 N–H and O–H groups in total. The van der Waals surface area contributed by atoms with Crippen molar-refractivity contribution in [2.24, 2.45) is 0 Å². The number of carbonyl (C=O) groups excluding carboxylic acids is 2. The summed E-state index contributed by atoms with van der Waals surface area (Å²) >= 11 is 6.36. The number of nitrogens with one attached hydrogen (secondary N) is 1. The van der Waals surface area contributed by atoms with E-state index in [1.54, 1.807) is 18.2 Å². The lowest BCUT2D eigenvalue weighted by atomic mass is 10.0. The summed E-state index contributed by atoms with van der Waals surface area (Å²) in [5.74, 6) is -0.118. The standard InChI is InChI=1S/C20H14N2O3S2/c23-18(11-14-7-3-6-13-5-1-2-9-16(13)14)21-22-19(24)17(27-20(22)26)12-15-8-4-10-25-15/h1-10,12H,11H2,(H,21,23)/b17-12-. The highest BCUT2D eigenvalue weighted by atomic mass is 32.2. The molecule has 7 heteroatoms. The summed E-state index contributed by atoms with van der Waals surface area (Å²) in [5, 5.41) is 3.19. The van der Waals surface area contributed by atoms with Gasteiger partial charge in [0, 0.05) is 6.08 Å². The van der Waals surface area contributed by atoms with Gasteiger partial charge in [0.05, 0.1) is 17.6 Å². The van der Waals surface area contributed by atoms with Crippen LogP contribution in [0.3, 0.4) is 0 Å². The van der Waals surface area contributed by atoms with Crippen molar-refractivity contribution in [3.63, 3.8) is 0 Å². The number of amides is 2. The molecule has 0 saturated carbocycles. The van der Waals surface area contributed by atoms with Crippen LogP contribution in [0.4, 0.5) is 0 Å². The smallest absolute Gasteiger partial charge is 0.285 e. The normalized spacial score (nSPS) is 15.7. The Bertz CT molecular complexity index is 1070. The van der Waals surface area contributed by atoms with E-state index in [1.807, 2.05) is 42.5 Å². The molecule has 27 heavy (non-hydrogen) atoms. The summed E-state index contributed by atoms with van der Waals surface area (Å²) in [4.78, 5) is 25.5. The van der Waals surface area contributed by atoms with Gasteiger partial charge >= 0.3 is 0 Å². The number of fused-ring (bicyclic) bond motifs is 1. The number of carbonyl (C=O) groups is 2. The van der Waals surface area contributed by atoms with Crippen LogP contribution in [0.25, 0.3) is 16.8 Å². The van der Waals surface area contributed by atoms with Crippen LogP contribution < -0.4 is 5.43 Å². The Balaban J connectivity index is 1.49. The zero-order valence-electron chi connectivity index (χ0n) is 14.0. The number of rotatable bonds is 4. The molecule has 4 rings (SSSR count). The van der Waals surface area contributed by atoms with Gasteiger partial charge < -0.3 is 4.42 Å². The molecule has 0 aliphatic carbocycles. The van der Waals surface area contributed by atoms with Crippen molar-refractivity contribution in [3.8, 4) is 0 Å². The van der Waals surface area contributed by atoms with E-state index >= 15 is 0 Å². The molecular formula is C20H14N2O3S2. The highest BCUT2D eigenvalue weighted by Crippen LogP contribution is 2.31. The molecule has 1 aliphatic rings. The summed E-state index contributed by atoms with van der Waals surface area (Å²) in [6.07, 6.45) is 3.28. The van der Waals surface area contributed by atoms with Crippen molar-refractivity contribution >= 4 is 57.0 Å². The van der Waals surface area contributed by atoms with Gasteiger partial charge in [-0.05, 0) is 40.7 Å². The zero-order chi connectivity index (χ0) is 18.8. The molecule has 1 fully saturated rings. The van der Waals surface area contributed by atoms with Crippen molar-refractivity contribution in [3.05, 3.63) is 77.1 Å². The molecule has 3 aromatic rings. The fourth-order valence-corrected chi connectivity index (χ4v) is 4.01. The van der Waals surface area contributed by atoms with E-state index < -0.39 is 0 Å². The molecule has 0 bridgehead atoms. The molecule has 2 amide bonds. The third kappa shape index (κ3) is 3.65. The van der Waals surface area contributed by atoms with Crippen molar-refractivity contribution < 1.29 is 14.0 Å². The molecule has 1 aliphatic heterocycles. The maximum atomic E-state index is 12.5. The third-order valence-corrected chi connectivity index (χ3v) is 5.38. The first kappa shape index (κ1) is 17.5. The van der Waals surface area contributed by atoms with Crippen LogP contribution in [0.2, 0.25) is 0 Å². The van der Waals surface area contributed by atoms with Gasteiger partial charge in [0.15, 0.2) is 4.32 Å². The van der Waals surface area contributed by atoms with Crippen molar-refractivity contribution in [1.29, 1.82) is 0 Å². The summed E-state index contributed by atoms with van der Waals surface area (Å²) in [6.45, 7) is 0. The first-order valence-corrected chi connectivity index (χ1v) is 9.42. The second kappa shape index (κ2) is 7.38. The zero-order valence-corrected chi connectivity index (χ0v) is 15.7. The highest BCUT2D eigenvalue weighted by Gasteiger charge is 2.33. The number of hydrazine groups is 1. The monoisotopic (exact) mass is 394 g/mol. The highest BCUT2D eigenvalue weighted by molar-refractivity contribution is 8.26. The number of thiocarbonyl (C=S) groups is 1. The topological polar surface area (TPSA) is 62.6 Å².